The van der Waals surface area contributed by atoms with Gasteiger partial charge in [-0.25, -0.2) is 9.69 Å². The number of rotatable bonds is 4. The Balaban J connectivity index is 1.45. The van der Waals surface area contributed by atoms with Crippen LogP contribution in [0.3, 0.4) is 0 Å². The highest BCUT2D eigenvalue weighted by molar-refractivity contribution is 6.14. The second-order valence-corrected chi connectivity index (χ2v) is 7.49. The summed E-state index contributed by atoms with van der Waals surface area (Å²) < 4.78 is 0. The van der Waals surface area contributed by atoms with E-state index in [0.29, 0.717) is 6.67 Å². The van der Waals surface area contributed by atoms with E-state index in [1.54, 1.807) is 11.8 Å². The lowest BCUT2D eigenvalue weighted by Crippen LogP contribution is -2.43. The number of aryl methyl sites for hydroxylation is 1. The number of urea groups is 1. The average molecular weight is 375 g/mol. The van der Waals surface area contributed by atoms with Crippen LogP contribution in [0, 0.1) is 6.92 Å². The zero-order chi connectivity index (χ0) is 19.7. The highest BCUT2D eigenvalue weighted by Gasteiger charge is 2.43. The summed E-state index contributed by atoms with van der Waals surface area (Å²) in [7, 11) is 0. The fourth-order valence-corrected chi connectivity index (χ4v) is 3.85. The van der Waals surface area contributed by atoms with E-state index in [9.17, 15) is 9.59 Å². The summed E-state index contributed by atoms with van der Waals surface area (Å²) >= 11 is 0. The molecule has 0 N–H and O–H groups in total. The molecule has 1 fully saturated rings. The number of hydrogen-bond acceptors (Lipinski definition) is 3. The Labute approximate surface area is 165 Å². The molecule has 0 bridgehead atoms. The smallest absolute Gasteiger partial charge is 0.282 e. The van der Waals surface area contributed by atoms with Crippen LogP contribution in [-0.4, -0.2) is 47.5 Å². The molecular weight excluding hydrogens is 350 g/mol. The molecule has 2 heterocycles. The van der Waals surface area contributed by atoms with Crippen LogP contribution < -0.4 is 4.90 Å². The highest BCUT2D eigenvalue weighted by atomic mass is 16.2. The predicted octanol–water partition coefficient (Wildman–Crippen LogP) is 3.90. The van der Waals surface area contributed by atoms with Gasteiger partial charge < -0.3 is 0 Å². The first-order chi connectivity index (χ1) is 13.5. The molecule has 0 unspecified atom stereocenters. The normalized spacial score (nSPS) is 20.6. The minimum atomic E-state index is -0.476. The maximum absolute atomic E-state index is 13.0. The van der Waals surface area contributed by atoms with Gasteiger partial charge in [0.05, 0.1) is 6.67 Å². The fourth-order valence-electron chi connectivity index (χ4n) is 3.85. The second kappa shape index (κ2) is 7.60. The van der Waals surface area contributed by atoms with Gasteiger partial charge in [0.25, 0.3) is 5.91 Å². The fraction of sp³-hybridized carbons (Fsp3) is 0.304. The van der Waals surface area contributed by atoms with Crippen molar-refractivity contribution in [2.24, 2.45) is 0 Å². The molecule has 5 heteroatoms. The standard InChI is InChI=1S/C23H25N3O2/c1-17-8-10-21(11-9-17)26-18(2)22(27)25(23(26)28)16-24-14-12-20(13-15-24)19-6-4-3-5-7-19/h3-12,18H,13-16H2,1-2H3/t18-/m0/s1. The van der Waals surface area contributed by atoms with Gasteiger partial charge in [-0.15, -0.1) is 0 Å². The molecule has 0 saturated carbocycles. The number of hydrogen-bond donors (Lipinski definition) is 0. The Morgan fingerprint density at radius 3 is 2.36 bits per heavy atom. The lowest BCUT2D eigenvalue weighted by atomic mass is 10.00. The number of amides is 3. The van der Waals surface area contributed by atoms with Crippen molar-refractivity contribution in [3.05, 3.63) is 71.8 Å². The van der Waals surface area contributed by atoms with Gasteiger partial charge in [0.1, 0.15) is 6.04 Å². The van der Waals surface area contributed by atoms with E-state index in [-0.39, 0.29) is 11.9 Å². The zero-order valence-electron chi connectivity index (χ0n) is 16.3. The minimum Gasteiger partial charge on any atom is -0.282 e. The minimum absolute atomic E-state index is 0.136. The van der Waals surface area contributed by atoms with E-state index in [4.69, 9.17) is 0 Å². The van der Waals surface area contributed by atoms with E-state index in [0.717, 1.165) is 30.8 Å². The Hall–Kier alpha value is -2.92. The van der Waals surface area contributed by atoms with Gasteiger partial charge in [0.2, 0.25) is 0 Å². The molecule has 2 aromatic carbocycles. The van der Waals surface area contributed by atoms with Crippen LogP contribution >= 0.6 is 0 Å². The van der Waals surface area contributed by atoms with E-state index >= 15 is 0 Å². The third-order valence-electron chi connectivity index (χ3n) is 5.54. The third-order valence-corrected chi connectivity index (χ3v) is 5.54. The Morgan fingerprint density at radius 1 is 1.00 bits per heavy atom. The van der Waals surface area contributed by atoms with Crippen molar-refractivity contribution in [1.29, 1.82) is 0 Å². The topological polar surface area (TPSA) is 43.9 Å². The van der Waals surface area contributed by atoms with Crippen LogP contribution in [-0.2, 0) is 4.79 Å². The number of benzene rings is 2. The summed E-state index contributed by atoms with van der Waals surface area (Å²) in [5.74, 6) is -0.136. The van der Waals surface area contributed by atoms with Crippen LogP contribution in [0.5, 0.6) is 0 Å². The third kappa shape index (κ3) is 3.45. The summed E-state index contributed by atoms with van der Waals surface area (Å²) in [5.41, 5.74) is 4.46. The summed E-state index contributed by atoms with van der Waals surface area (Å²) in [6.45, 7) is 5.70. The van der Waals surface area contributed by atoms with Gasteiger partial charge >= 0.3 is 6.03 Å². The van der Waals surface area contributed by atoms with Crippen molar-refractivity contribution in [3.63, 3.8) is 0 Å². The van der Waals surface area contributed by atoms with Crippen LogP contribution in [0.15, 0.2) is 60.7 Å². The molecule has 2 aromatic rings. The molecule has 0 aromatic heterocycles. The molecule has 2 aliphatic heterocycles. The van der Waals surface area contributed by atoms with E-state index in [1.807, 2.05) is 49.4 Å². The van der Waals surface area contributed by atoms with Crippen LogP contribution in [0.4, 0.5) is 10.5 Å². The summed E-state index contributed by atoms with van der Waals surface area (Å²) in [6, 6.07) is 17.4. The largest absolute Gasteiger partial charge is 0.333 e. The number of carbonyl (C=O) groups is 2. The van der Waals surface area contributed by atoms with Crippen molar-refractivity contribution in [3.8, 4) is 0 Å². The van der Waals surface area contributed by atoms with E-state index in [2.05, 4.69) is 23.1 Å². The lowest BCUT2D eigenvalue weighted by Gasteiger charge is -2.29. The van der Waals surface area contributed by atoms with Crippen molar-refractivity contribution in [2.45, 2.75) is 26.3 Å². The number of imide groups is 1. The predicted molar refractivity (Wildman–Crippen MR) is 111 cm³/mol. The van der Waals surface area contributed by atoms with Crippen LogP contribution in [0.1, 0.15) is 24.5 Å². The Bertz CT molecular complexity index is 905. The Morgan fingerprint density at radius 2 is 1.71 bits per heavy atom. The van der Waals surface area contributed by atoms with Gasteiger partial charge in [0.15, 0.2) is 0 Å². The molecule has 0 spiro atoms. The highest BCUT2D eigenvalue weighted by Crippen LogP contribution is 2.27. The van der Waals surface area contributed by atoms with Gasteiger partial charge in [-0.2, -0.15) is 0 Å². The molecule has 1 atom stereocenters. The van der Waals surface area contributed by atoms with Gasteiger partial charge in [0, 0.05) is 18.8 Å². The molecule has 2 aliphatic rings. The second-order valence-electron chi connectivity index (χ2n) is 7.49. The summed E-state index contributed by atoms with van der Waals surface area (Å²) in [4.78, 5) is 30.8. The summed E-state index contributed by atoms with van der Waals surface area (Å²) in [6.07, 6.45) is 3.11. The van der Waals surface area contributed by atoms with Crippen LogP contribution in [0.25, 0.3) is 5.57 Å². The maximum Gasteiger partial charge on any atom is 0.333 e. The van der Waals surface area contributed by atoms with E-state index in [1.165, 1.54) is 16.0 Å². The van der Waals surface area contributed by atoms with Crippen LogP contribution in [0.2, 0.25) is 0 Å². The molecule has 0 aliphatic carbocycles. The Kier molecular flexibility index (Phi) is 5.01. The van der Waals surface area contributed by atoms with E-state index < -0.39 is 6.04 Å². The molecule has 4 rings (SSSR count). The molecule has 1 saturated heterocycles. The van der Waals surface area contributed by atoms with Crippen molar-refractivity contribution in [1.82, 2.24) is 9.80 Å². The van der Waals surface area contributed by atoms with Gasteiger partial charge in [-0.05, 0) is 43.5 Å². The molecule has 0 radical (unpaired) electrons. The molecule has 3 amide bonds. The summed E-state index contributed by atoms with van der Waals surface area (Å²) in [5, 5.41) is 0. The first kappa shape index (κ1) is 18.4. The maximum atomic E-state index is 13.0. The average Bonchev–Trinajstić information content (AvgIpc) is 2.93. The molecule has 144 valence electrons. The molecule has 28 heavy (non-hydrogen) atoms. The number of anilines is 1. The monoisotopic (exact) mass is 375 g/mol. The van der Waals surface area contributed by atoms with Gasteiger partial charge in [-0.3, -0.25) is 14.6 Å². The number of carbonyl (C=O) groups excluding carboxylic acids is 2. The van der Waals surface area contributed by atoms with Crippen molar-refractivity contribution < 1.29 is 9.59 Å². The SMILES string of the molecule is Cc1ccc(N2C(=O)N(CN3CC=C(c4ccccc4)CC3)C(=O)[C@@H]2C)cc1. The molecule has 5 nitrogen and oxygen atoms in total. The van der Waals surface area contributed by atoms with Crippen molar-refractivity contribution in [2.75, 3.05) is 24.7 Å². The lowest BCUT2D eigenvalue weighted by molar-refractivity contribution is -0.128. The molecular formula is C23H25N3O2. The number of nitrogens with zero attached hydrogens (tertiary/aromatic N) is 3. The zero-order valence-corrected chi connectivity index (χ0v) is 16.3. The first-order valence-electron chi connectivity index (χ1n) is 9.72. The van der Waals surface area contributed by atoms with Gasteiger partial charge in [-0.1, -0.05) is 54.1 Å². The first-order valence-corrected chi connectivity index (χ1v) is 9.72. The van der Waals surface area contributed by atoms with Crippen molar-refractivity contribution >= 4 is 23.2 Å². The quantitative estimate of drug-likeness (QED) is 0.762.